The molecule has 0 amide bonds. The lowest BCUT2D eigenvalue weighted by Crippen LogP contribution is -2.13. The zero-order valence-corrected chi connectivity index (χ0v) is 13.0. The fraction of sp³-hybridized carbons (Fsp3) is 0.368. The normalized spacial score (nSPS) is 12.1. The molecule has 0 saturated carbocycles. The molecule has 0 radical (unpaired) electrons. The number of hydrogen-bond acceptors (Lipinski definition) is 2. The van der Waals surface area contributed by atoms with Crippen LogP contribution in [0.4, 0.5) is 0 Å². The maximum atomic E-state index is 6.37. The minimum absolute atomic E-state index is 0.0133. The highest BCUT2D eigenvalue weighted by molar-refractivity contribution is 5.36. The second-order valence-corrected chi connectivity index (χ2v) is 5.52. The Morgan fingerprint density at radius 3 is 2.48 bits per heavy atom. The van der Waals surface area contributed by atoms with Gasteiger partial charge in [-0.25, -0.2) is 0 Å². The molecule has 2 rings (SSSR count). The molecule has 2 nitrogen and oxygen atoms in total. The van der Waals surface area contributed by atoms with Gasteiger partial charge in [0, 0.05) is 11.6 Å². The first-order valence-corrected chi connectivity index (χ1v) is 7.73. The lowest BCUT2D eigenvalue weighted by molar-refractivity contribution is 0.311. The Hall–Kier alpha value is -1.80. The van der Waals surface area contributed by atoms with E-state index < -0.39 is 0 Å². The number of rotatable bonds is 7. The van der Waals surface area contributed by atoms with Crippen LogP contribution in [-0.2, 0) is 6.42 Å². The van der Waals surface area contributed by atoms with Gasteiger partial charge in [0.2, 0.25) is 0 Å². The van der Waals surface area contributed by atoms with Gasteiger partial charge in [0.1, 0.15) is 5.75 Å². The Kier molecular flexibility index (Phi) is 5.82. The second-order valence-electron chi connectivity index (χ2n) is 5.52. The van der Waals surface area contributed by atoms with Crippen molar-refractivity contribution in [3.8, 4) is 5.75 Å². The lowest BCUT2D eigenvalue weighted by atomic mass is 9.98. The van der Waals surface area contributed by atoms with E-state index in [0.29, 0.717) is 0 Å². The summed E-state index contributed by atoms with van der Waals surface area (Å²) in [5.74, 6) is 0.927. The first-order chi connectivity index (χ1) is 10.2. The van der Waals surface area contributed by atoms with Gasteiger partial charge in [0.25, 0.3) is 0 Å². The molecule has 2 aromatic carbocycles. The van der Waals surface area contributed by atoms with Gasteiger partial charge in [-0.15, -0.1) is 0 Å². The van der Waals surface area contributed by atoms with Crippen molar-refractivity contribution in [2.75, 3.05) is 6.61 Å². The maximum Gasteiger partial charge on any atom is 0.124 e. The molecule has 112 valence electrons. The highest BCUT2D eigenvalue weighted by atomic mass is 16.5. The second kappa shape index (κ2) is 7.84. The van der Waals surface area contributed by atoms with Crippen LogP contribution in [0.2, 0.25) is 0 Å². The van der Waals surface area contributed by atoms with Crippen molar-refractivity contribution in [1.29, 1.82) is 0 Å². The van der Waals surface area contributed by atoms with Crippen LogP contribution in [0.3, 0.4) is 0 Å². The van der Waals surface area contributed by atoms with Gasteiger partial charge in [-0.1, -0.05) is 55.0 Å². The number of para-hydroxylation sites is 1. The minimum Gasteiger partial charge on any atom is -0.493 e. The first kappa shape index (κ1) is 15.6. The monoisotopic (exact) mass is 283 g/mol. The van der Waals surface area contributed by atoms with Gasteiger partial charge >= 0.3 is 0 Å². The highest BCUT2D eigenvalue weighted by Gasteiger charge is 2.11. The van der Waals surface area contributed by atoms with Gasteiger partial charge in [0.15, 0.2) is 0 Å². The Morgan fingerprint density at radius 2 is 1.76 bits per heavy atom. The Labute approximate surface area is 127 Å². The molecule has 0 fully saturated rings. The lowest BCUT2D eigenvalue weighted by Gasteiger charge is -2.17. The average Bonchev–Trinajstić information content (AvgIpc) is 2.52. The molecule has 1 atom stereocenters. The summed E-state index contributed by atoms with van der Waals surface area (Å²) in [6.45, 7) is 4.96. The number of aryl methyl sites for hydroxylation is 2. The summed E-state index contributed by atoms with van der Waals surface area (Å²) in [5, 5.41) is 0. The van der Waals surface area contributed by atoms with Crippen LogP contribution in [-0.4, -0.2) is 6.61 Å². The summed E-state index contributed by atoms with van der Waals surface area (Å²) in [5.41, 5.74) is 10.1. The third-order valence-corrected chi connectivity index (χ3v) is 3.64. The van der Waals surface area contributed by atoms with Gasteiger partial charge in [-0.05, 0) is 37.8 Å². The summed E-state index contributed by atoms with van der Waals surface area (Å²) >= 11 is 0. The third-order valence-electron chi connectivity index (χ3n) is 3.64. The Bertz CT molecular complexity index is 548. The van der Waals surface area contributed by atoms with Gasteiger partial charge in [-0.2, -0.15) is 0 Å². The van der Waals surface area contributed by atoms with E-state index in [4.69, 9.17) is 10.5 Å². The Balaban J connectivity index is 1.99. The molecule has 0 aliphatic rings. The van der Waals surface area contributed by atoms with Crippen molar-refractivity contribution in [2.45, 2.75) is 39.2 Å². The zero-order chi connectivity index (χ0) is 15.1. The average molecular weight is 283 g/mol. The van der Waals surface area contributed by atoms with Crippen molar-refractivity contribution in [1.82, 2.24) is 0 Å². The molecule has 0 saturated heterocycles. The van der Waals surface area contributed by atoms with Gasteiger partial charge in [-0.3, -0.25) is 0 Å². The summed E-state index contributed by atoms with van der Waals surface area (Å²) in [6, 6.07) is 16.8. The first-order valence-electron chi connectivity index (χ1n) is 7.73. The van der Waals surface area contributed by atoms with E-state index in [1.165, 1.54) is 11.1 Å². The van der Waals surface area contributed by atoms with Crippen molar-refractivity contribution < 1.29 is 4.74 Å². The van der Waals surface area contributed by atoms with Crippen LogP contribution in [0.15, 0.2) is 48.5 Å². The Morgan fingerprint density at radius 1 is 1.05 bits per heavy atom. The maximum absolute atomic E-state index is 6.37. The zero-order valence-electron chi connectivity index (χ0n) is 13.0. The van der Waals surface area contributed by atoms with E-state index in [9.17, 15) is 0 Å². The van der Waals surface area contributed by atoms with Crippen LogP contribution >= 0.6 is 0 Å². The van der Waals surface area contributed by atoms with Crippen LogP contribution < -0.4 is 10.5 Å². The molecular weight excluding hydrogens is 258 g/mol. The van der Waals surface area contributed by atoms with Crippen molar-refractivity contribution in [2.24, 2.45) is 5.73 Å². The molecule has 1 unspecified atom stereocenters. The highest BCUT2D eigenvalue weighted by Crippen LogP contribution is 2.26. The fourth-order valence-electron chi connectivity index (χ4n) is 2.36. The molecule has 0 aromatic heterocycles. The van der Waals surface area contributed by atoms with E-state index in [-0.39, 0.29) is 6.04 Å². The van der Waals surface area contributed by atoms with Gasteiger partial charge < -0.3 is 10.5 Å². The molecule has 0 heterocycles. The van der Waals surface area contributed by atoms with Crippen molar-refractivity contribution in [3.05, 3.63) is 65.2 Å². The molecule has 21 heavy (non-hydrogen) atoms. The molecule has 2 N–H and O–H groups in total. The van der Waals surface area contributed by atoms with E-state index >= 15 is 0 Å². The topological polar surface area (TPSA) is 35.2 Å². The summed E-state index contributed by atoms with van der Waals surface area (Å²) in [7, 11) is 0. The SMILES string of the molecule is CCCOc1ccccc1C(N)CCc1ccc(C)cc1. The summed E-state index contributed by atoms with van der Waals surface area (Å²) in [4.78, 5) is 0. The molecule has 2 heteroatoms. The van der Waals surface area contributed by atoms with E-state index in [2.05, 4.69) is 44.2 Å². The largest absolute Gasteiger partial charge is 0.493 e. The van der Waals surface area contributed by atoms with E-state index in [1.807, 2.05) is 18.2 Å². The number of nitrogens with two attached hydrogens (primary N) is 1. The third kappa shape index (κ3) is 4.61. The van der Waals surface area contributed by atoms with Crippen molar-refractivity contribution in [3.63, 3.8) is 0 Å². The molecule has 2 aromatic rings. The van der Waals surface area contributed by atoms with Crippen LogP contribution in [0.1, 0.15) is 42.5 Å². The van der Waals surface area contributed by atoms with Crippen LogP contribution in [0, 0.1) is 6.92 Å². The molecule has 0 bridgehead atoms. The molecule has 0 aliphatic heterocycles. The van der Waals surface area contributed by atoms with E-state index in [1.54, 1.807) is 0 Å². The number of benzene rings is 2. The van der Waals surface area contributed by atoms with Crippen LogP contribution in [0.5, 0.6) is 5.75 Å². The van der Waals surface area contributed by atoms with Gasteiger partial charge in [0.05, 0.1) is 6.61 Å². The molecular formula is C19H25NO. The molecule has 0 aliphatic carbocycles. The fourth-order valence-corrected chi connectivity index (χ4v) is 2.36. The van der Waals surface area contributed by atoms with E-state index in [0.717, 1.165) is 37.2 Å². The summed E-state index contributed by atoms with van der Waals surface area (Å²) < 4.78 is 5.80. The molecule has 0 spiro atoms. The summed E-state index contributed by atoms with van der Waals surface area (Å²) in [6.07, 6.45) is 2.92. The minimum atomic E-state index is 0.0133. The number of hydrogen-bond donors (Lipinski definition) is 1. The smallest absolute Gasteiger partial charge is 0.124 e. The predicted octanol–water partition coefficient (Wildman–Crippen LogP) is 4.42. The number of ether oxygens (including phenoxy) is 1. The van der Waals surface area contributed by atoms with Crippen molar-refractivity contribution >= 4 is 0 Å². The quantitative estimate of drug-likeness (QED) is 0.816. The van der Waals surface area contributed by atoms with Crippen LogP contribution in [0.25, 0.3) is 0 Å². The predicted molar refractivity (Wildman–Crippen MR) is 88.7 cm³/mol. The standard InChI is InChI=1S/C19H25NO/c1-3-14-21-19-7-5-4-6-17(19)18(20)13-12-16-10-8-15(2)9-11-16/h4-11,18H,3,12-14,20H2,1-2H3.